The van der Waals surface area contributed by atoms with Gasteiger partial charge in [0.1, 0.15) is 28.2 Å². The Hall–Kier alpha value is -3.61. The third-order valence-corrected chi connectivity index (χ3v) is 4.48. The second-order valence-corrected chi connectivity index (χ2v) is 6.52. The molecular formula is C22H21NO6. The highest BCUT2D eigenvalue weighted by molar-refractivity contribution is 5.97. The van der Waals surface area contributed by atoms with E-state index in [9.17, 15) is 14.4 Å². The minimum Gasteiger partial charge on any atom is -0.496 e. The molecule has 0 saturated carbocycles. The topological polar surface area (TPSA) is 94.8 Å². The normalized spacial score (nSPS) is 11.7. The van der Waals surface area contributed by atoms with Crippen molar-refractivity contribution in [2.45, 2.75) is 26.3 Å². The molecule has 1 heterocycles. The summed E-state index contributed by atoms with van der Waals surface area (Å²) >= 11 is 0. The average molecular weight is 395 g/mol. The van der Waals surface area contributed by atoms with Crippen molar-refractivity contribution in [1.29, 1.82) is 0 Å². The number of methoxy groups -OCH3 is 1. The van der Waals surface area contributed by atoms with E-state index in [4.69, 9.17) is 13.9 Å². The minimum absolute atomic E-state index is 0.0608. The SMILES string of the molecule is CCC(C)NC(=O)c1cc2ccc(OC(=O)c3ccccc3OC)cc2oc1=O. The number of amides is 1. The monoisotopic (exact) mass is 395 g/mol. The van der Waals surface area contributed by atoms with Gasteiger partial charge >= 0.3 is 11.6 Å². The van der Waals surface area contributed by atoms with Crippen LogP contribution in [-0.2, 0) is 0 Å². The lowest BCUT2D eigenvalue weighted by Crippen LogP contribution is -2.34. The number of carbonyl (C=O) groups excluding carboxylic acids is 2. The number of rotatable bonds is 6. The number of fused-ring (bicyclic) bond motifs is 1. The van der Waals surface area contributed by atoms with Crippen molar-refractivity contribution >= 4 is 22.8 Å². The molecule has 1 unspecified atom stereocenters. The fourth-order valence-corrected chi connectivity index (χ4v) is 2.69. The molecule has 0 radical (unpaired) electrons. The lowest BCUT2D eigenvalue weighted by atomic mass is 10.1. The first-order chi connectivity index (χ1) is 13.9. The Labute approximate surface area is 167 Å². The third-order valence-electron chi connectivity index (χ3n) is 4.48. The van der Waals surface area contributed by atoms with Crippen molar-refractivity contribution in [2.75, 3.05) is 7.11 Å². The first-order valence-electron chi connectivity index (χ1n) is 9.17. The summed E-state index contributed by atoms with van der Waals surface area (Å²) in [6.45, 7) is 3.78. The molecule has 1 aromatic heterocycles. The average Bonchev–Trinajstić information content (AvgIpc) is 2.72. The van der Waals surface area contributed by atoms with Crippen molar-refractivity contribution in [3.05, 3.63) is 70.1 Å². The Balaban J connectivity index is 1.87. The second kappa shape index (κ2) is 8.60. The van der Waals surface area contributed by atoms with Crippen LogP contribution in [0.3, 0.4) is 0 Å². The minimum atomic E-state index is -0.758. The predicted molar refractivity (Wildman–Crippen MR) is 108 cm³/mol. The van der Waals surface area contributed by atoms with Gasteiger partial charge in [0.15, 0.2) is 0 Å². The van der Waals surface area contributed by atoms with E-state index in [0.717, 1.165) is 6.42 Å². The van der Waals surface area contributed by atoms with Gasteiger partial charge < -0.3 is 19.2 Å². The molecule has 7 heteroatoms. The largest absolute Gasteiger partial charge is 0.496 e. The Bertz CT molecular complexity index is 1120. The highest BCUT2D eigenvalue weighted by atomic mass is 16.5. The summed E-state index contributed by atoms with van der Waals surface area (Å²) in [5, 5.41) is 3.28. The molecule has 0 aliphatic carbocycles. The van der Waals surface area contributed by atoms with Crippen LogP contribution in [0.4, 0.5) is 0 Å². The summed E-state index contributed by atoms with van der Waals surface area (Å²) < 4.78 is 15.8. The van der Waals surface area contributed by atoms with Gasteiger partial charge in [-0.05, 0) is 43.7 Å². The van der Waals surface area contributed by atoms with Crippen molar-refractivity contribution in [2.24, 2.45) is 0 Å². The number of para-hydroxylation sites is 1. The van der Waals surface area contributed by atoms with Gasteiger partial charge in [0.05, 0.1) is 7.11 Å². The van der Waals surface area contributed by atoms with E-state index in [1.807, 2.05) is 13.8 Å². The highest BCUT2D eigenvalue weighted by Crippen LogP contribution is 2.24. The van der Waals surface area contributed by atoms with Crippen LogP contribution in [0.1, 0.15) is 41.0 Å². The maximum atomic E-state index is 12.4. The van der Waals surface area contributed by atoms with Crippen LogP contribution in [0.15, 0.2) is 57.7 Å². The maximum absolute atomic E-state index is 12.4. The van der Waals surface area contributed by atoms with Gasteiger partial charge in [-0.1, -0.05) is 19.1 Å². The summed E-state index contributed by atoms with van der Waals surface area (Å²) in [4.78, 5) is 36.9. The number of hydrogen-bond donors (Lipinski definition) is 1. The molecule has 0 fully saturated rings. The molecule has 0 bridgehead atoms. The van der Waals surface area contributed by atoms with E-state index >= 15 is 0 Å². The van der Waals surface area contributed by atoms with Crippen molar-refractivity contribution in [3.8, 4) is 11.5 Å². The molecule has 1 amide bonds. The molecule has 1 N–H and O–H groups in total. The van der Waals surface area contributed by atoms with E-state index in [2.05, 4.69) is 5.32 Å². The third kappa shape index (κ3) is 4.45. The van der Waals surface area contributed by atoms with Crippen molar-refractivity contribution in [1.82, 2.24) is 5.32 Å². The summed E-state index contributed by atoms with van der Waals surface area (Å²) in [5.41, 5.74) is -0.350. The number of carbonyl (C=O) groups is 2. The summed E-state index contributed by atoms with van der Waals surface area (Å²) in [5.74, 6) is -0.495. The van der Waals surface area contributed by atoms with Gasteiger partial charge in [-0.25, -0.2) is 9.59 Å². The Morgan fingerprint density at radius 3 is 2.59 bits per heavy atom. The lowest BCUT2D eigenvalue weighted by Gasteiger charge is -2.11. The molecule has 0 aliphatic rings. The van der Waals surface area contributed by atoms with Gasteiger partial charge in [-0.2, -0.15) is 0 Å². The molecule has 29 heavy (non-hydrogen) atoms. The summed E-state index contributed by atoms with van der Waals surface area (Å²) in [6.07, 6.45) is 0.742. The van der Waals surface area contributed by atoms with E-state index < -0.39 is 17.5 Å². The molecule has 1 atom stereocenters. The zero-order valence-electron chi connectivity index (χ0n) is 16.4. The molecule has 2 aromatic carbocycles. The van der Waals surface area contributed by atoms with Crippen LogP contribution < -0.4 is 20.4 Å². The first kappa shape index (κ1) is 20.1. The molecule has 0 saturated heterocycles. The predicted octanol–water partition coefficient (Wildman–Crippen LogP) is 3.55. The van der Waals surface area contributed by atoms with E-state index in [0.29, 0.717) is 11.1 Å². The van der Waals surface area contributed by atoms with Crippen LogP contribution >= 0.6 is 0 Å². The van der Waals surface area contributed by atoms with Crippen LogP contribution in [0.5, 0.6) is 11.5 Å². The Morgan fingerprint density at radius 2 is 1.86 bits per heavy atom. The van der Waals surface area contributed by atoms with Crippen molar-refractivity contribution in [3.63, 3.8) is 0 Å². The molecule has 3 rings (SSSR count). The zero-order valence-corrected chi connectivity index (χ0v) is 16.4. The molecule has 0 spiro atoms. The quantitative estimate of drug-likeness (QED) is 0.390. The highest BCUT2D eigenvalue weighted by Gasteiger charge is 2.17. The van der Waals surface area contributed by atoms with Crippen LogP contribution in [0.25, 0.3) is 11.0 Å². The second-order valence-electron chi connectivity index (χ2n) is 6.52. The van der Waals surface area contributed by atoms with E-state index in [1.54, 1.807) is 36.4 Å². The first-order valence-corrected chi connectivity index (χ1v) is 9.17. The molecule has 3 aromatic rings. The number of nitrogens with one attached hydrogen (secondary N) is 1. The lowest BCUT2D eigenvalue weighted by molar-refractivity contribution is 0.0731. The fraction of sp³-hybridized carbons (Fsp3) is 0.227. The fourth-order valence-electron chi connectivity index (χ4n) is 2.69. The molecule has 150 valence electrons. The zero-order chi connectivity index (χ0) is 21.0. The molecular weight excluding hydrogens is 374 g/mol. The Morgan fingerprint density at radius 1 is 1.10 bits per heavy atom. The number of ether oxygens (including phenoxy) is 2. The van der Waals surface area contributed by atoms with E-state index in [-0.39, 0.29) is 28.5 Å². The van der Waals surface area contributed by atoms with Gasteiger partial charge in [0, 0.05) is 17.5 Å². The smallest absolute Gasteiger partial charge is 0.349 e. The van der Waals surface area contributed by atoms with E-state index in [1.165, 1.54) is 19.2 Å². The molecule has 7 nitrogen and oxygen atoms in total. The summed E-state index contributed by atoms with van der Waals surface area (Å²) in [6, 6.07) is 12.7. The van der Waals surface area contributed by atoms with Crippen LogP contribution in [0, 0.1) is 0 Å². The van der Waals surface area contributed by atoms with Crippen molar-refractivity contribution < 1.29 is 23.5 Å². The number of benzene rings is 2. The number of hydrogen-bond acceptors (Lipinski definition) is 6. The van der Waals surface area contributed by atoms with Gasteiger partial charge in [0.25, 0.3) is 5.91 Å². The van der Waals surface area contributed by atoms with Crippen LogP contribution in [0.2, 0.25) is 0 Å². The van der Waals surface area contributed by atoms with Crippen LogP contribution in [-0.4, -0.2) is 25.0 Å². The maximum Gasteiger partial charge on any atom is 0.349 e. The van der Waals surface area contributed by atoms with Gasteiger partial charge in [0.2, 0.25) is 0 Å². The Kier molecular flexibility index (Phi) is 5.97. The van der Waals surface area contributed by atoms with Gasteiger partial charge in [-0.3, -0.25) is 4.79 Å². The number of esters is 1. The summed E-state index contributed by atoms with van der Waals surface area (Å²) in [7, 11) is 1.46. The molecule has 0 aliphatic heterocycles. The van der Waals surface area contributed by atoms with Gasteiger partial charge in [-0.15, -0.1) is 0 Å². The standard InChI is InChI=1S/C22H21NO6/c1-4-13(2)23-20(24)17-11-14-9-10-15(12-19(14)29-22(17)26)28-21(25)16-7-5-6-8-18(16)27-3/h5-13H,4H2,1-3H3,(H,23,24).